The number of nitrogens with zero attached hydrogens (tertiary/aromatic N) is 1. The molecule has 2 aliphatic rings. The van der Waals surface area contributed by atoms with Crippen LogP contribution in [0.25, 0.3) is 22.8 Å². The highest BCUT2D eigenvalue weighted by Crippen LogP contribution is 2.34. The molecule has 1 N–H and O–H groups in total. The molecule has 0 saturated heterocycles. The van der Waals surface area contributed by atoms with E-state index in [2.05, 4.69) is 90.1 Å². The van der Waals surface area contributed by atoms with Gasteiger partial charge in [-0.3, -0.25) is 0 Å². The van der Waals surface area contributed by atoms with Gasteiger partial charge in [-0.1, -0.05) is 96.5 Å². The molecule has 2 nitrogen and oxygen atoms in total. The molecule has 0 aliphatic heterocycles. The molecule has 0 unspecified atom stereocenters. The Bertz CT molecular complexity index is 995. The van der Waals surface area contributed by atoms with E-state index in [4.69, 9.17) is 5.21 Å². The van der Waals surface area contributed by atoms with E-state index in [0.29, 0.717) is 0 Å². The van der Waals surface area contributed by atoms with E-state index in [-0.39, 0.29) is 0 Å². The first-order valence-electron chi connectivity index (χ1n) is 10.5. The van der Waals surface area contributed by atoms with Crippen LogP contribution in [0.3, 0.4) is 0 Å². The lowest BCUT2D eigenvalue weighted by molar-refractivity contribution is 0.314. The van der Waals surface area contributed by atoms with E-state index < -0.39 is 0 Å². The Morgan fingerprint density at radius 2 is 1.31 bits per heavy atom. The van der Waals surface area contributed by atoms with Gasteiger partial charge >= 0.3 is 0 Å². The summed E-state index contributed by atoms with van der Waals surface area (Å²) in [5.41, 5.74) is 9.09. The number of oxime groups is 1. The molecule has 2 aliphatic carbocycles. The van der Waals surface area contributed by atoms with Crippen LogP contribution in [-0.2, 0) is 6.42 Å². The maximum absolute atomic E-state index is 8.28. The van der Waals surface area contributed by atoms with Crippen LogP contribution in [-0.4, -0.2) is 10.9 Å². The molecule has 0 bridgehead atoms. The predicted molar refractivity (Wildman–Crippen MR) is 122 cm³/mol. The smallest absolute Gasteiger partial charge is 0.0570 e. The van der Waals surface area contributed by atoms with Crippen LogP contribution < -0.4 is 0 Å². The zero-order valence-electron chi connectivity index (χ0n) is 16.7. The van der Waals surface area contributed by atoms with E-state index in [1.165, 1.54) is 52.7 Å². The lowest BCUT2D eigenvalue weighted by Gasteiger charge is -2.08. The topological polar surface area (TPSA) is 32.6 Å². The van der Waals surface area contributed by atoms with Gasteiger partial charge in [-0.2, -0.15) is 0 Å². The first-order chi connectivity index (χ1) is 14.3. The molecule has 3 aromatic carbocycles. The summed E-state index contributed by atoms with van der Waals surface area (Å²) in [4.78, 5) is 0. The van der Waals surface area contributed by atoms with Crippen LogP contribution in [0.5, 0.6) is 0 Å². The second kappa shape index (κ2) is 9.38. The van der Waals surface area contributed by atoms with Crippen molar-refractivity contribution in [3.05, 3.63) is 95.6 Å². The molecule has 0 spiro atoms. The molecule has 1 fully saturated rings. The highest BCUT2D eigenvalue weighted by molar-refractivity contribution is 5.89. The van der Waals surface area contributed by atoms with Crippen molar-refractivity contribution in [2.45, 2.75) is 38.5 Å². The fourth-order valence-electron chi connectivity index (χ4n) is 4.05. The van der Waals surface area contributed by atoms with Crippen molar-refractivity contribution < 1.29 is 5.21 Å². The number of benzene rings is 3. The van der Waals surface area contributed by atoms with Gasteiger partial charge in [0.1, 0.15) is 0 Å². The van der Waals surface area contributed by atoms with Crippen LogP contribution in [0.15, 0.2) is 84.0 Å². The lowest BCUT2D eigenvalue weighted by Crippen LogP contribution is -2.03. The highest BCUT2D eigenvalue weighted by Gasteiger charge is 2.14. The van der Waals surface area contributed by atoms with Gasteiger partial charge < -0.3 is 5.21 Å². The van der Waals surface area contributed by atoms with E-state index >= 15 is 0 Å². The second-order valence-electron chi connectivity index (χ2n) is 7.72. The minimum absolute atomic E-state index is 0.983. The summed E-state index contributed by atoms with van der Waals surface area (Å²) in [5, 5.41) is 11.4. The fraction of sp³-hybridized carbons (Fsp3) is 0.222. The molecule has 0 atom stereocenters. The van der Waals surface area contributed by atoms with Crippen molar-refractivity contribution in [3.63, 3.8) is 0 Å². The summed E-state index contributed by atoms with van der Waals surface area (Å²) in [6.45, 7) is 0. The predicted octanol–water partition coefficient (Wildman–Crippen LogP) is 7.23. The maximum atomic E-state index is 8.28. The lowest BCUT2D eigenvalue weighted by atomic mass is 9.99. The molecule has 3 aromatic rings. The molecular weight excluding hydrogens is 354 g/mol. The van der Waals surface area contributed by atoms with Crippen LogP contribution in [0.1, 0.15) is 48.8 Å². The molecule has 2 heteroatoms. The minimum atomic E-state index is 0.983. The average molecular weight is 382 g/mol. The largest absolute Gasteiger partial charge is 0.411 e. The van der Waals surface area contributed by atoms with Crippen LogP contribution >= 0.6 is 0 Å². The third-order valence-electron chi connectivity index (χ3n) is 5.68. The Morgan fingerprint density at radius 1 is 0.655 bits per heavy atom. The summed E-state index contributed by atoms with van der Waals surface area (Å²) in [5.74, 6) is 0. The molecule has 0 aromatic heterocycles. The third kappa shape index (κ3) is 4.83. The Balaban J connectivity index is 0.000000216. The molecule has 0 heterocycles. The van der Waals surface area contributed by atoms with Gasteiger partial charge in [-0.15, -0.1) is 0 Å². The Labute approximate surface area is 173 Å². The van der Waals surface area contributed by atoms with Gasteiger partial charge in [0.15, 0.2) is 0 Å². The first kappa shape index (κ1) is 19.2. The summed E-state index contributed by atoms with van der Waals surface area (Å²) < 4.78 is 0. The van der Waals surface area contributed by atoms with E-state index in [1.807, 2.05) is 0 Å². The average Bonchev–Trinajstić information content (AvgIpc) is 3.25. The van der Waals surface area contributed by atoms with Gasteiger partial charge in [0.2, 0.25) is 0 Å². The molecule has 0 amide bonds. The molecular formula is C27H27NO. The number of allylic oxidation sites excluding steroid dienone is 1. The Hall–Kier alpha value is -3.13. The molecule has 0 radical (unpaired) electrons. The van der Waals surface area contributed by atoms with Crippen molar-refractivity contribution in [1.29, 1.82) is 0 Å². The highest BCUT2D eigenvalue weighted by atomic mass is 16.4. The van der Waals surface area contributed by atoms with Gasteiger partial charge in [-0.05, 0) is 65.5 Å². The zero-order valence-corrected chi connectivity index (χ0v) is 16.7. The van der Waals surface area contributed by atoms with Gasteiger partial charge in [-0.25, -0.2) is 0 Å². The zero-order chi connectivity index (χ0) is 19.9. The summed E-state index contributed by atoms with van der Waals surface area (Å²) in [6.07, 6.45) is 9.09. The fourth-order valence-corrected chi connectivity index (χ4v) is 4.05. The van der Waals surface area contributed by atoms with Gasteiger partial charge in [0.25, 0.3) is 0 Å². The molecule has 29 heavy (non-hydrogen) atoms. The van der Waals surface area contributed by atoms with Crippen LogP contribution in [0.2, 0.25) is 0 Å². The van der Waals surface area contributed by atoms with Crippen molar-refractivity contribution in [1.82, 2.24) is 0 Å². The molecule has 146 valence electrons. The van der Waals surface area contributed by atoms with Gasteiger partial charge in [0.05, 0.1) is 5.71 Å². The van der Waals surface area contributed by atoms with Crippen molar-refractivity contribution >= 4 is 17.4 Å². The van der Waals surface area contributed by atoms with Crippen molar-refractivity contribution in [2.24, 2.45) is 5.16 Å². The van der Waals surface area contributed by atoms with E-state index in [9.17, 15) is 0 Å². The SMILES string of the molecule is C1=C(c2ccccc2)Cc2cc(-c3ccccc3)ccc21.ON=C1CCCCC1. The minimum Gasteiger partial charge on any atom is -0.411 e. The van der Waals surface area contributed by atoms with Crippen molar-refractivity contribution in [3.8, 4) is 11.1 Å². The quantitative estimate of drug-likeness (QED) is 0.368. The van der Waals surface area contributed by atoms with E-state index in [1.54, 1.807) is 0 Å². The molecule has 5 rings (SSSR count). The number of fused-ring (bicyclic) bond motifs is 1. The van der Waals surface area contributed by atoms with Gasteiger partial charge in [0, 0.05) is 0 Å². The normalized spacial score (nSPS) is 15.0. The summed E-state index contributed by atoms with van der Waals surface area (Å²) in [7, 11) is 0. The molecule has 1 saturated carbocycles. The van der Waals surface area contributed by atoms with E-state index in [0.717, 1.165) is 25.0 Å². The van der Waals surface area contributed by atoms with Crippen LogP contribution in [0.4, 0.5) is 0 Å². The maximum Gasteiger partial charge on any atom is 0.0570 e. The first-order valence-corrected chi connectivity index (χ1v) is 10.5. The Morgan fingerprint density at radius 3 is 1.93 bits per heavy atom. The number of hydrogen-bond donors (Lipinski definition) is 1. The number of hydrogen-bond acceptors (Lipinski definition) is 2. The summed E-state index contributed by atoms with van der Waals surface area (Å²) >= 11 is 0. The third-order valence-corrected chi connectivity index (χ3v) is 5.68. The van der Waals surface area contributed by atoms with Crippen LogP contribution in [0, 0.1) is 0 Å². The second-order valence-corrected chi connectivity index (χ2v) is 7.72. The standard InChI is InChI=1S/C21H16.C6H11NO/c1-3-7-16(8-4-1)18-11-12-19-14-20(15-21(19)13-18)17-9-5-2-6-10-17;8-7-6-4-2-1-3-5-6/h1-14H,15H2;8H,1-5H2. The number of rotatable bonds is 2. The summed E-state index contributed by atoms with van der Waals surface area (Å²) in [6, 6.07) is 28.0. The van der Waals surface area contributed by atoms with Crippen molar-refractivity contribution in [2.75, 3.05) is 0 Å². The Kier molecular flexibility index (Phi) is 6.21. The monoisotopic (exact) mass is 381 g/mol.